The maximum absolute atomic E-state index is 5.69. The molecular weight excluding hydrogens is 236 g/mol. The fourth-order valence-corrected chi connectivity index (χ4v) is 4.82. The van der Waals surface area contributed by atoms with Crippen molar-refractivity contribution in [1.82, 2.24) is 10.2 Å². The highest BCUT2D eigenvalue weighted by molar-refractivity contribution is 5.11. The number of hydrogen-bond acceptors (Lipinski definition) is 3. The first-order chi connectivity index (χ1) is 9.22. The monoisotopic (exact) mass is 264 g/mol. The van der Waals surface area contributed by atoms with Gasteiger partial charge in [0.2, 0.25) is 0 Å². The van der Waals surface area contributed by atoms with Crippen molar-refractivity contribution in [3.63, 3.8) is 0 Å². The van der Waals surface area contributed by atoms with Gasteiger partial charge in [-0.25, -0.2) is 0 Å². The first kappa shape index (κ1) is 12.6. The van der Waals surface area contributed by atoms with E-state index >= 15 is 0 Å². The Balaban J connectivity index is 1.59. The lowest BCUT2D eigenvalue weighted by atomic mass is 9.82. The third-order valence-corrected chi connectivity index (χ3v) is 6.31. The Kier molecular flexibility index (Phi) is 2.95. The van der Waals surface area contributed by atoms with Crippen molar-refractivity contribution in [2.75, 3.05) is 26.3 Å². The minimum atomic E-state index is 0.395. The normalized spacial score (nSPS) is 43.1. The SMILES string of the molecule is CC1(C2CC2)CNC2(CCCC2)CN1C1CCOC1. The van der Waals surface area contributed by atoms with E-state index in [0.717, 1.165) is 19.1 Å². The van der Waals surface area contributed by atoms with Crippen LogP contribution in [0.25, 0.3) is 0 Å². The van der Waals surface area contributed by atoms with Gasteiger partial charge < -0.3 is 10.1 Å². The second-order valence-corrected chi connectivity index (χ2v) is 7.62. The van der Waals surface area contributed by atoms with Crippen LogP contribution in [0, 0.1) is 5.92 Å². The summed E-state index contributed by atoms with van der Waals surface area (Å²) in [6, 6.07) is 0.685. The Morgan fingerprint density at radius 2 is 1.95 bits per heavy atom. The van der Waals surface area contributed by atoms with E-state index in [-0.39, 0.29) is 0 Å². The van der Waals surface area contributed by atoms with Gasteiger partial charge in [0, 0.05) is 36.8 Å². The quantitative estimate of drug-likeness (QED) is 0.827. The summed E-state index contributed by atoms with van der Waals surface area (Å²) in [4.78, 5) is 2.87. The number of nitrogens with zero attached hydrogens (tertiary/aromatic N) is 1. The van der Waals surface area contributed by atoms with Crippen LogP contribution in [-0.2, 0) is 4.74 Å². The number of hydrogen-bond donors (Lipinski definition) is 1. The maximum Gasteiger partial charge on any atom is 0.0622 e. The summed E-state index contributed by atoms with van der Waals surface area (Å²) in [6.07, 6.45) is 9.74. The van der Waals surface area contributed by atoms with Crippen LogP contribution in [0.1, 0.15) is 51.9 Å². The van der Waals surface area contributed by atoms with E-state index < -0.39 is 0 Å². The molecule has 0 aromatic rings. The Morgan fingerprint density at radius 1 is 1.16 bits per heavy atom. The van der Waals surface area contributed by atoms with Crippen molar-refractivity contribution in [2.24, 2.45) is 5.92 Å². The van der Waals surface area contributed by atoms with Crippen LogP contribution in [0.15, 0.2) is 0 Å². The van der Waals surface area contributed by atoms with Gasteiger partial charge in [-0.1, -0.05) is 12.8 Å². The fraction of sp³-hybridized carbons (Fsp3) is 1.00. The number of piperazine rings is 1. The summed E-state index contributed by atoms with van der Waals surface area (Å²) < 4.78 is 5.69. The minimum Gasteiger partial charge on any atom is -0.380 e. The molecule has 2 heterocycles. The van der Waals surface area contributed by atoms with E-state index in [9.17, 15) is 0 Å². The summed E-state index contributed by atoms with van der Waals surface area (Å²) in [5.74, 6) is 0.930. The van der Waals surface area contributed by atoms with Gasteiger partial charge in [0.25, 0.3) is 0 Å². The van der Waals surface area contributed by atoms with Crippen LogP contribution >= 0.6 is 0 Å². The van der Waals surface area contributed by atoms with Crippen molar-refractivity contribution >= 4 is 0 Å². The summed E-state index contributed by atoms with van der Waals surface area (Å²) in [6.45, 7) is 6.93. The lowest BCUT2D eigenvalue weighted by molar-refractivity contribution is -0.0310. The first-order valence-corrected chi connectivity index (χ1v) is 8.31. The largest absolute Gasteiger partial charge is 0.380 e. The van der Waals surface area contributed by atoms with Crippen molar-refractivity contribution in [3.05, 3.63) is 0 Å². The molecule has 2 saturated carbocycles. The van der Waals surface area contributed by atoms with Crippen molar-refractivity contribution in [3.8, 4) is 0 Å². The summed E-state index contributed by atoms with van der Waals surface area (Å²) >= 11 is 0. The van der Waals surface area contributed by atoms with Crippen LogP contribution in [0.2, 0.25) is 0 Å². The molecule has 3 heteroatoms. The van der Waals surface area contributed by atoms with Gasteiger partial charge in [-0.2, -0.15) is 0 Å². The van der Waals surface area contributed by atoms with Gasteiger partial charge in [-0.3, -0.25) is 4.90 Å². The molecule has 2 atom stereocenters. The lowest BCUT2D eigenvalue weighted by Crippen LogP contribution is -2.71. The molecule has 108 valence electrons. The molecule has 0 aromatic carbocycles. The van der Waals surface area contributed by atoms with Crippen molar-refractivity contribution < 1.29 is 4.74 Å². The van der Waals surface area contributed by atoms with E-state index in [1.54, 1.807) is 0 Å². The number of ether oxygens (including phenoxy) is 1. The highest BCUT2D eigenvalue weighted by atomic mass is 16.5. The van der Waals surface area contributed by atoms with Crippen LogP contribution < -0.4 is 5.32 Å². The average molecular weight is 264 g/mol. The van der Waals surface area contributed by atoms with Crippen LogP contribution in [-0.4, -0.2) is 48.3 Å². The molecule has 2 saturated heterocycles. The first-order valence-electron chi connectivity index (χ1n) is 8.31. The number of rotatable bonds is 2. The summed E-state index contributed by atoms with van der Waals surface area (Å²) in [5.41, 5.74) is 0.837. The smallest absolute Gasteiger partial charge is 0.0622 e. The van der Waals surface area contributed by atoms with Crippen LogP contribution in [0.3, 0.4) is 0 Å². The molecule has 0 amide bonds. The topological polar surface area (TPSA) is 24.5 Å². The molecular formula is C16H28N2O. The van der Waals surface area contributed by atoms with Crippen LogP contribution in [0.4, 0.5) is 0 Å². The zero-order chi connectivity index (χ0) is 12.9. The van der Waals surface area contributed by atoms with E-state index in [1.165, 1.54) is 58.0 Å². The van der Waals surface area contributed by atoms with E-state index in [0.29, 0.717) is 17.1 Å². The second-order valence-electron chi connectivity index (χ2n) is 7.62. The predicted octanol–water partition coefficient (Wildman–Crippen LogP) is 2.16. The molecule has 4 fully saturated rings. The Bertz CT molecular complexity index is 343. The third-order valence-electron chi connectivity index (χ3n) is 6.31. The fourth-order valence-electron chi connectivity index (χ4n) is 4.82. The summed E-state index contributed by atoms with van der Waals surface area (Å²) in [5, 5.41) is 3.98. The molecule has 2 aliphatic heterocycles. The average Bonchev–Trinajstić information content (AvgIpc) is 2.97. The highest BCUT2D eigenvalue weighted by Crippen LogP contribution is 2.48. The van der Waals surface area contributed by atoms with Gasteiger partial charge in [0.15, 0.2) is 0 Å². The Labute approximate surface area is 117 Å². The standard InChI is InChI=1S/C16H28N2O/c1-15(13-4-5-13)11-17-16(7-2-3-8-16)12-18(15)14-6-9-19-10-14/h13-14,17H,2-12H2,1H3. The molecule has 1 N–H and O–H groups in total. The van der Waals surface area contributed by atoms with Gasteiger partial charge in [0.1, 0.15) is 0 Å². The minimum absolute atomic E-state index is 0.395. The summed E-state index contributed by atoms with van der Waals surface area (Å²) in [7, 11) is 0. The Hall–Kier alpha value is -0.120. The molecule has 0 radical (unpaired) electrons. The van der Waals surface area contributed by atoms with E-state index in [2.05, 4.69) is 17.1 Å². The Morgan fingerprint density at radius 3 is 2.58 bits per heavy atom. The molecule has 2 unspecified atom stereocenters. The second kappa shape index (κ2) is 4.44. The van der Waals surface area contributed by atoms with Gasteiger partial charge >= 0.3 is 0 Å². The highest BCUT2D eigenvalue weighted by Gasteiger charge is 2.54. The third kappa shape index (κ3) is 2.05. The maximum atomic E-state index is 5.69. The van der Waals surface area contributed by atoms with Gasteiger partial charge in [-0.15, -0.1) is 0 Å². The molecule has 19 heavy (non-hydrogen) atoms. The molecule has 4 aliphatic rings. The van der Waals surface area contributed by atoms with Gasteiger partial charge in [-0.05, 0) is 44.9 Å². The molecule has 0 bridgehead atoms. The van der Waals surface area contributed by atoms with Gasteiger partial charge in [0.05, 0.1) is 6.61 Å². The molecule has 1 spiro atoms. The van der Waals surface area contributed by atoms with Crippen LogP contribution in [0.5, 0.6) is 0 Å². The molecule has 3 nitrogen and oxygen atoms in total. The van der Waals surface area contributed by atoms with Crippen molar-refractivity contribution in [1.29, 1.82) is 0 Å². The zero-order valence-corrected chi connectivity index (χ0v) is 12.3. The van der Waals surface area contributed by atoms with Crippen molar-refractivity contribution in [2.45, 2.75) is 69.0 Å². The number of nitrogens with one attached hydrogen (secondary N) is 1. The molecule has 0 aromatic heterocycles. The lowest BCUT2D eigenvalue weighted by Gasteiger charge is -2.55. The predicted molar refractivity (Wildman–Crippen MR) is 76.3 cm³/mol. The van der Waals surface area contributed by atoms with E-state index in [1.807, 2.05) is 0 Å². The molecule has 2 aliphatic carbocycles. The van der Waals surface area contributed by atoms with E-state index in [4.69, 9.17) is 4.74 Å². The molecule has 4 rings (SSSR count). The zero-order valence-electron chi connectivity index (χ0n) is 12.3.